The number of aryl methyl sites for hydroxylation is 1. The maximum atomic E-state index is 15.3. The number of hydrogen-bond donors (Lipinski definition) is 1. The number of nitrogens with one attached hydrogen (secondary N) is 1. The van der Waals surface area contributed by atoms with Gasteiger partial charge in [0, 0.05) is 25.1 Å². The minimum atomic E-state index is -0.684. The lowest BCUT2D eigenvalue weighted by atomic mass is 9.94. The first-order valence-electron chi connectivity index (χ1n) is 10.8. The Hall–Kier alpha value is -3.73. The Balaban J connectivity index is 1.53. The molecule has 0 fully saturated rings. The largest absolute Gasteiger partial charge is 0.338 e. The fourth-order valence-electron chi connectivity index (χ4n) is 3.34. The van der Waals surface area contributed by atoms with Crippen molar-refractivity contribution >= 4 is 29.0 Å². The van der Waals surface area contributed by atoms with Crippen LogP contribution in [0, 0.1) is 5.82 Å². The smallest absolute Gasteiger partial charge is 0.238 e. The van der Waals surface area contributed by atoms with Crippen LogP contribution in [0.4, 0.5) is 16.0 Å². The Morgan fingerprint density at radius 1 is 1.26 bits per heavy atom. The number of carbonyl (C=O) groups is 1. The summed E-state index contributed by atoms with van der Waals surface area (Å²) in [5.41, 5.74) is 0.889. The van der Waals surface area contributed by atoms with Gasteiger partial charge in [0.2, 0.25) is 23.4 Å². The molecule has 0 saturated carbocycles. The van der Waals surface area contributed by atoms with E-state index in [9.17, 15) is 4.79 Å². The summed E-state index contributed by atoms with van der Waals surface area (Å²) >= 11 is 6.37. The number of carbonyl (C=O) groups excluding carboxylic acids is 1. The van der Waals surface area contributed by atoms with Crippen molar-refractivity contribution in [2.75, 3.05) is 5.32 Å². The van der Waals surface area contributed by atoms with Gasteiger partial charge in [-0.25, -0.2) is 14.4 Å². The fourth-order valence-corrected chi connectivity index (χ4v) is 3.69. The average Bonchev–Trinajstić information content (AvgIpc) is 3.45. The van der Waals surface area contributed by atoms with E-state index in [0.717, 1.165) is 0 Å². The third-order valence-electron chi connectivity index (χ3n) is 5.23. The highest BCUT2D eigenvalue weighted by Crippen LogP contribution is 2.34. The number of Topliss-reactive ketones (excluding diaryl/α,β-unsaturated/α-hetero) is 1. The summed E-state index contributed by atoms with van der Waals surface area (Å²) in [6.07, 6.45) is 4.67. The molecule has 0 aliphatic heterocycles. The monoisotopic (exact) mass is 498 g/mol. The summed E-state index contributed by atoms with van der Waals surface area (Å²) in [5, 5.41) is 10.7. The van der Waals surface area contributed by atoms with Gasteiger partial charge in [-0.15, -0.1) is 0 Å². The van der Waals surface area contributed by atoms with E-state index in [-0.39, 0.29) is 45.8 Å². The normalized spacial score (nSPS) is 12.5. The Bertz CT molecular complexity index is 1380. The topological polar surface area (TPSA) is 125 Å². The van der Waals surface area contributed by atoms with E-state index in [2.05, 4.69) is 35.5 Å². The molecule has 10 nitrogen and oxygen atoms in total. The molecular weight excluding hydrogens is 475 g/mol. The highest BCUT2D eigenvalue weighted by atomic mass is 35.5. The molecule has 0 aliphatic rings. The lowest BCUT2D eigenvalue weighted by Gasteiger charge is -2.14. The molecule has 0 radical (unpaired) electrons. The van der Waals surface area contributed by atoms with Crippen molar-refractivity contribution < 1.29 is 13.7 Å². The molecule has 0 aliphatic carbocycles. The van der Waals surface area contributed by atoms with Crippen molar-refractivity contribution in [1.29, 1.82) is 0 Å². The van der Waals surface area contributed by atoms with E-state index in [1.54, 1.807) is 37.1 Å². The SMILES string of the molecule is C[C@@H](CC(=O)c1noc(C(C)(C)C)n1)c1ccc(-c2ncnc(Nc3cnn(C)c3)n2)c(F)c1Cl. The molecule has 0 amide bonds. The summed E-state index contributed by atoms with van der Waals surface area (Å²) in [6, 6.07) is 3.19. The summed E-state index contributed by atoms with van der Waals surface area (Å²) in [6.45, 7) is 7.51. The Morgan fingerprint density at radius 2 is 2.03 bits per heavy atom. The number of rotatable bonds is 7. The second-order valence-electron chi connectivity index (χ2n) is 9.19. The van der Waals surface area contributed by atoms with E-state index in [0.29, 0.717) is 17.1 Å². The lowest BCUT2D eigenvalue weighted by Crippen LogP contribution is -2.13. The van der Waals surface area contributed by atoms with Gasteiger partial charge in [0.25, 0.3) is 0 Å². The third-order valence-corrected chi connectivity index (χ3v) is 5.61. The van der Waals surface area contributed by atoms with Crippen LogP contribution in [0.3, 0.4) is 0 Å². The first-order chi connectivity index (χ1) is 16.5. The molecule has 4 rings (SSSR count). The molecule has 3 heterocycles. The van der Waals surface area contributed by atoms with Crippen molar-refractivity contribution in [2.45, 2.75) is 45.4 Å². The summed E-state index contributed by atoms with van der Waals surface area (Å²) in [4.78, 5) is 29.3. The van der Waals surface area contributed by atoms with Gasteiger partial charge in [0.15, 0.2) is 11.6 Å². The standard InChI is InChI=1S/C23H24ClFN8O2/c1-12(8-16(34)20-30-21(35-32-20)23(2,3)4)14-6-7-15(18(25)17(14)24)19-26-11-27-22(31-19)29-13-9-28-33(5)10-13/h6-7,9-12H,8H2,1-5H3,(H,26,27,29,31)/t12-/m0/s1. The van der Waals surface area contributed by atoms with Crippen LogP contribution in [0.5, 0.6) is 0 Å². The lowest BCUT2D eigenvalue weighted by molar-refractivity contribution is 0.0962. The van der Waals surface area contributed by atoms with Crippen molar-refractivity contribution in [3.8, 4) is 11.4 Å². The van der Waals surface area contributed by atoms with Gasteiger partial charge >= 0.3 is 0 Å². The number of aromatic nitrogens is 7. The van der Waals surface area contributed by atoms with E-state index >= 15 is 4.39 Å². The van der Waals surface area contributed by atoms with Crippen LogP contribution in [0.1, 0.15) is 62.1 Å². The Morgan fingerprint density at radius 3 is 2.69 bits per heavy atom. The number of halogens is 2. The second-order valence-corrected chi connectivity index (χ2v) is 9.57. The van der Waals surface area contributed by atoms with Gasteiger partial charge in [-0.2, -0.15) is 15.1 Å². The maximum Gasteiger partial charge on any atom is 0.238 e. The molecule has 0 bridgehead atoms. The van der Waals surface area contributed by atoms with Crippen LogP contribution in [0.2, 0.25) is 5.02 Å². The molecule has 35 heavy (non-hydrogen) atoms. The van der Waals surface area contributed by atoms with Crippen LogP contribution in [-0.4, -0.2) is 40.7 Å². The minimum absolute atomic E-state index is 0.00572. The molecule has 182 valence electrons. The Labute approximate surface area is 206 Å². The first kappa shape index (κ1) is 24.4. The van der Waals surface area contributed by atoms with Crippen LogP contribution >= 0.6 is 11.6 Å². The van der Waals surface area contributed by atoms with E-state index < -0.39 is 11.7 Å². The Kier molecular flexibility index (Phi) is 6.62. The summed E-state index contributed by atoms with van der Waals surface area (Å²) < 4.78 is 22.1. The van der Waals surface area contributed by atoms with Crippen LogP contribution in [0.15, 0.2) is 35.4 Å². The highest BCUT2D eigenvalue weighted by molar-refractivity contribution is 6.32. The van der Waals surface area contributed by atoms with Crippen LogP contribution in [0.25, 0.3) is 11.4 Å². The molecule has 0 saturated heterocycles. The number of anilines is 2. The first-order valence-corrected chi connectivity index (χ1v) is 11.2. The summed E-state index contributed by atoms with van der Waals surface area (Å²) in [7, 11) is 1.78. The fraction of sp³-hybridized carbons (Fsp3) is 0.348. The molecule has 4 aromatic rings. The summed E-state index contributed by atoms with van der Waals surface area (Å²) in [5.74, 6) is -0.682. The van der Waals surface area contributed by atoms with Gasteiger partial charge in [0.1, 0.15) is 6.33 Å². The molecule has 1 atom stereocenters. The molecule has 1 aromatic carbocycles. The third kappa shape index (κ3) is 5.35. The van der Waals surface area contributed by atoms with Crippen LogP contribution < -0.4 is 5.32 Å². The van der Waals surface area contributed by atoms with Crippen molar-refractivity contribution in [3.63, 3.8) is 0 Å². The van der Waals surface area contributed by atoms with E-state index in [1.165, 1.54) is 12.4 Å². The van der Waals surface area contributed by atoms with Gasteiger partial charge in [-0.1, -0.05) is 50.5 Å². The number of ketones is 1. The predicted molar refractivity (Wildman–Crippen MR) is 127 cm³/mol. The van der Waals surface area contributed by atoms with Crippen molar-refractivity contribution in [2.24, 2.45) is 7.05 Å². The van der Waals surface area contributed by atoms with E-state index in [4.69, 9.17) is 16.1 Å². The molecule has 0 unspecified atom stereocenters. The predicted octanol–water partition coefficient (Wildman–Crippen LogP) is 4.87. The molecule has 12 heteroatoms. The minimum Gasteiger partial charge on any atom is -0.338 e. The van der Waals surface area contributed by atoms with Gasteiger partial charge < -0.3 is 9.84 Å². The zero-order valence-corrected chi connectivity index (χ0v) is 20.6. The molecule has 0 spiro atoms. The zero-order valence-electron chi connectivity index (χ0n) is 19.9. The second kappa shape index (κ2) is 9.49. The van der Waals surface area contributed by atoms with Crippen molar-refractivity contribution in [1.82, 2.24) is 34.9 Å². The highest BCUT2D eigenvalue weighted by Gasteiger charge is 2.26. The van der Waals surface area contributed by atoms with Crippen LogP contribution in [-0.2, 0) is 12.5 Å². The van der Waals surface area contributed by atoms with E-state index in [1.807, 2.05) is 20.8 Å². The quantitative estimate of drug-likeness (QED) is 0.355. The molecule has 1 N–H and O–H groups in total. The number of benzene rings is 1. The zero-order chi connectivity index (χ0) is 25.3. The van der Waals surface area contributed by atoms with Crippen molar-refractivity contribution in [3.05, 3.63) is 59.0 Å². The average molecular weight is 499 g/mol. The number of nitrogens with zero attached hydrogens (tertiary/aromatic N) is 7. The molecule has 3 aromatic heterocycles. The maximum absolute atomic E-state index is 15.3. The van der Waals surface area contributed by atoms with Gasteiger partial charge in [-0.3, -0.25) is 9.48 Å². The molecular formula is C23H24ClFN8O2. The number of hydrogen-bond acceptors (Lipinski definition) is 9. The van der Waals surface area contributed by atoms with Gasteiger partial charge in [0.05, 0.1) is 22.5 Å². The van der Waals surface area contributed by atoms with Gasteiger partial charge in [-0.05, 0) is 17.5 Å².